The fourth-order valence-corrected chi connectivity index (χ4v) is 3.49. The van der Waals surface area contributed by atoms with Crippen LogP contribution in [0.2, 0.25) is 0 Å². The van der Waals surface area contributed by atoms with Crippen molar-refractivity contribution in [1.29, 1.82) is 0 Å². The predicted molar refractivity (Wildman–Crippen MR) is 88.4 cm³/mol. The van der Waals surface area contributed by atoms with Crippen molar-refractivity contribution in [1.82, 2.24) is 4.98 Å². The monoisotopic (exact) mass is 316 g/mol. The molecule has 122 valence electrons. The highest BCUT2D eigenvalue weighted by Gasteiger charge is 2.24. The van der Waals surface area contributed by atoms with Gasteiger partial charge < -0.3 is 10.0 Å². The number of aromatic nitrogens is 1. The van der Waals surface area contributed by atoms with E-state index in [0.29, 0.717) is 28.1 Å². The summed E-state index contributed by atoms with van der Waals surface area (Å²) in [6.45, 7) is 5.76. The number of carboxylic acid groups (broad SMARTS) is 1. The van der Waals surface area contributed by atoms with Gasteiger partial charge in [-0.3, -0.25) is 9.78 Å². The summed E-state index contributed by atoms with van der Waals surface area (Å²) in [5, 5.41) is 9.98. The molecule has 1 aromatic carbocycles. The van der Waals surface area contributed by atoms with E-state index >= 15 is 0 Å². The molecule has 0 spiro atoms. The largest absolute Gasteiger partial charge is 0.481 e. The maximum absolute atomic E-state index is 13.8. The van der Waals surface area contributed by atoms with E-state index in [4.69, 9.17) is 0 Å². The van der Waals surface area contributed by atoms with Crippen molar-refractivity contribution in [3.05, 3.63) is 35.3 Å². The highest BCUT2D eigenvalue weighted by atomic mass is 19.1. The number of anilines is 1. The minimum absolute atomic E-state index is 0.0918. The van der Waals surface area contributed by atoms with Gasteiger partial charge in [0.15, 0.2) is 0 Å². The zero-order valence-electron chi connectivity index (χ0n) is 13.5. The van der Waals surface area contributed by atoms with Gasteiger partial charge in [-0.25, -0.2) is 4.39 Å². The number of pyridine rings is 1. The van der Waals surface area contributed by atoms with Gasteiger partial charge in [0.2, 0.25) is 0 Å². The molecule has 1 unspecified atom stereocenters. The summed E-state index contributed by atoms with van der Waals surface area (Å²) in [5.74, 6) is -0.675. The van der Waals surface area contributed by atoms with Crippen LogP contribution in [0.25, 0.3) is 10.9 Å². The summed E-state index contributed by atoms with van der Waals surface area (Å²) in [6, 6.07) is 4.54. The topological polar surface area (TPSA) is 53.4 Å². The Morgan fingerprint density at radius 2 is 2.26 bits per heavy atom. The third kappa shape index (κ3) is 3.14. The molecular weight excluding hydrogens is 295 g/mol. The van der Waals surface area contributed by atoms with E-state index in [2.05, 4.69) is 16.8 Å². The van der Waals surface area contributed by atoms with Gasteiger partial charge in [0, 0.05) is 29.7 Å². The maximum Gasteiger partial charge on any atom is 0.307 e. The first-order valence-corrected chi connectivity index (χ1v) is 8.01. The standard InChI is InChI=1S/C18H21FN2O2/c1-11-4-3-7-21(10-11)18-14(9-17(22)23)12(2)20-16-6-5-13(19)8-15(16)18/h5-6,8,11H,3-4,7,9-10H2,1-2H3,(H,22,23). The van der Waals surface area contributed by atoms with Crippen molar-refractivity contribution in [2.24, 2.45) is 5.92 Å². The molecule has 1 aliphatic heterocycles. The highest BCUT2D eigenvalue weighted by Crippen LogP contribution is 2.35. The summed E-state index contributed by atoms with van der Waals surface area (Å²) < 4.78 is 13.8. The molecule has 1 atom stereocenters. The fourth-order valence-electron chi connectivity index (χ4n) is 3.49. The molecule has 0 radical (unpaired) electrons. The SMILES string of the molecule is Cc1nc2ccc(F)cc2c(N2CCCC(C)C2)c1CC(=O)O. The van der Waals surface area contributed by atoms with E-state index < -0.39 is 5.97 Å². The Balaban J connectivity index is 2.24. The molecule has 23 heavy (non-hydrogen) atoms. The highest BCUT2D eigenvalue weighted by molar-refractivity contribution is 5.95. The van der Waals surface area contributed by atoms with Crippen molar-refractivity contribution < 1.29 is 14.3 Å². The number of carbonyl (C=O) groups is 1. The van der Waals surface area contributed by atoms with Gasteiger partial charge in [0.25, 0.3) is 0 Å². The van der Waals surface area contributed by atoms with Gasteiger partial charge in [-0.1, -0.05) is 6.92 Å². The van der Waals surface area contributed by atoms with Crippen molar-refractivity contribution >= 4 is 22.6 Å². The van der Waals surface area contributed by atoms with Crippen LogP contribution in [-0.2, 0) is 11.2 Å². The van der Waals surface area contributed by atoms with Crippen LogP contribution in [-0.4, -0.2) is 29.1 Å². The Bertz CT molecular complexity index is 760. The number of halogens is 1. The summed E-state index contributed by atoms with van der Waals surface area (Å²) in [5.41, 5.74) is 2.97. The van der Waals surface area contributed by atoms with Crippen LogP contribution >= 0.6 is 0 Å². The van der Waals surface area contributed by atoms with Gasteiger partial charge >= 0.3 is 5.97 Å². The van der Waals surface area contributed by atoms with E-state index in [1.54, 1.807) is 6.07 Å². The van der Waals surface area contributed by atoms with E-state index in [-0.39, 0.29) is 12.2 Å². The molecule has 5 heteroatoms. The fraction of sp³-hybridized carbons (Fsp3) is 0.444. The quantitative estimate of drug-likeness (QED) is 0.941. The lowest BCUT2D eigenvalue weighted by atomic mass is 9.96. The number of aryl methyl sites for hydroxylation is 1. The van der Waals surface area contributed by atoms with E-state index in [0.717, 1.165) is 25.2 Å². The molecule has 0 saturated carbocycles. The lowest BCUT2D eigenvalue weighted by Gasteiger charge is -2.35. The molecule has 1 N–H and O–H groups in total. The first kappa shape index (κ1) is 15.7. The van der Waals surface area contributed by atoms with Gasteiger partial charge in [0.05, 0.1) is 17.6 Å². The van der Waals surface area contributed by atoms with Crippen LogP contribution in [0.15, 0.2) is 18.2 Å². The van der Waals surface area contributed by atoms with Crippen molar-refractivity contribution in [2.75, 3.05) is 18.0 Å². The Kier molecular flexibility index (Phi) is 4.20. The molecular formula is C18H21FN2O2. The van der Waals surface area contributed by atoms with E-state index in [9.17, 15) is 14.3 Å². The van der Waals surface area contributed by atoms with Crippen LogP contribution < -0.4 is 4.90 Å². The second-order valence-corrected chi connectivity index (χ2v) is 6.45. The number of piperidine rings is 1. The Morgan fingerprint density at radius 3 is 2.96 bits per heavy atom. The van der Waals surface area contributed by atoms with Crippen LogP contribution in [0.1, 0.15) is 31.0 Å². The Hall–Kier alpha value is -2.17. The lowest BCUT2D eigenvalue weighted by molar-refractivity contribution is -0.136. The summed E-state index contributed by atoms with van der Waals surface area (Å²) >= 11 is 0. The summed E-state index contributed by atoms with van der Waals surface area (Å²) in [4.78, 5) is 18.0. The average Bonchev–Trinajstić information content (AvgIpc) is 2.48. The van der Waals surface area contributed by atoms with Gasteiger partial charge in [0.1, 0.15) is 5.82 Å². The summed E-state index contributed by atoms with van der Waals surface area (Å²) in [7, 11) is 0. The smallest absolute Gasteiger partial charge is 0.307 e. The molecule has 2 aromatic rings. The third-order valence-electron chi connectivity index (χ3n) is 4.53. The molecule has 1 aromatic heterocycles. The van der Waals surface area contributed by atoms with Crippen LogP contribution in [0.5, 0.6) is 0 Å². The lowest BCUT2D eigenvalue weighted by Crippen LogP contribution is -2.35. The van der Waals surface area contributed by atoms with Crippen LogP contribution in [0, 0.1) is 18.7 Å². The van der Waals surface area contributed by atoms with E-state index in [1.165, 1.54) is 18.6 Å². The molecule has 0 amide bonds. The first-order valence-electron chi connectivity index (χ1n) is 8.01. The number of hydrogen-bond donors (Lipinski definition) is 1. The normalized spacial score (nSPS) is 18.4. The molecule has 1 aliphatic rings. The molecule has 2 heterocycles. The average molecular weight is 316 g/mol. The minimum Gasteiger partial charge on any atom is -0.481 e. The number of aliphatic carboxylic acids is 1. The number of rotatable bonds is 3. The van der Waals surface area contributed by atoms with Crippen molar-refractivity contribution in [3.8, 4) is 0 Å². The number of carboxylic acids is 1. The van der Waals surface area contributed by atoms with Crippen molar-refractivity contribution in [2.45, 2.75) is 33.1 Å². The first-order chi connectivity index (χ1) is 11.0. The number of nitrogens with zero attached hydrogens (tertiary/aromatic N) is 2. The maximum atomic E-state index is 13.8. The molecule has 1 saturated heterocycles. The number of hydrogen-bond acceptors (Lipinski definition) is 3. The number of benzene rings is 1. The second kappa shape index (κ2) is 6.14. The molecule has 4 nitrogen and oxygen atoms in total. The van der Waals surface area contributed by atoms with Crippen molar-refractivity contribution in [3.63, 3.8) is 0 Å². The van der Waals surface area contributed by atoms with Gasteiger partial charge in [-0.2, -0.15) is 0 Å². The van der Waals surface area contributed by atoms with Gasteiger partial charge in [-0.15, -0.1) is 0 Å². The number of fused-ring (bicyclic) bond motifs is 1. The zero-order valence-corrected chi connectivity index (χ0v) is 13.5. The van der Waals surface area contributed by atoms with Crippen LogP contribution in [0.4, 0.5) is 10.1 Å². The van der Waals surface area contributed by atoms with E-state index in [1.807, 2.05) is 6.92 Å². The summed E-state index contributed by atoms with van der Waals surface area (Å²) in [6.07, 6.45) is 2.14. The molecule has 0 bridgehead atoms. The minimum atomic E-state index is -0.892. The predicted octanol–water partition coefficient (Wildman–Crippen LogP) is 3.55. The second-order valence-electron chi connectivity index (χ2n) is 6.45. The van der Waals surface area contributed by atoms with Crippen LogP contribution in [0.3, 0.4) is 0 Å². The molecule has 0 aliphatic carbocycles. The Morgan fingerprint density at radius 1 is 1.48 bits per heavy atom. The zero-order chi connectivity index (χ0) is 16.6. The Labute approximate surface area is 134 Å². The third-order valence-corrected chi connectivity index (χ3v) is 4.53. The van der Waals surface area contributed by atoms with Gasteiger partial charge in [-0.05, 0) is 43.9 Å². The molecule has 1 fully saturated rings. The molecule has 3 rings (SSSR count).